The number of hydrogen-bond acceptors (Lipinski definition) is 2. The van der Waals surface area contributed by atoms with Gasteiger partial charge in [-0.25, -0.2) is 0 Å². The van der Waals surface area contributed by atoms with Gasteiger partial charge in [-0.05, 0) is 51.8 Å². The maximum atomic E-state index is 13.3. The third-order valence-corrected chi connectivity index (χ3v) is 5.90. The number of carbonyl (C=O) groups is 2. The Morgan fingerprint density at radius 1 is 1.03 bits per heavy atom. The fraction of sp³-hybridized carbons (Fsp3) is 0.417. The average Bonchev–Trinajstić information content (AvgIpc) is 2.66. The summed E-state index contributed by atoms with van der Waals surface area (Å²) in [6, 6.07) is 10.7. The van der Waals surface area contributed by atoms with Crippen LogP contribution in [0.3, 0.4) is 0 Å². The molecule has 2 atom stereocenters. The van der Waals surface area contributed by atoms with Crippen LogP contribution in [-0.4, -0.2) is 28.8 Å². The van der Waals surface area contributed by atoms with Gasteiger partial charge in [0.25, 0.3) is 0 Å². The van der Waals surface area contributed by atoms with Crippen LogP contribution >= 0.6 is 23.2 Å². The third kappa shape index (κ3) is 6.48. The molecule has 0 fully saturated rings. The molecule has 0 spiro atoms. The number of carbonyl (C=O) groups excluding carboxylic acids is 2. The van der Waals surface area contributed by atoms with Crippen molar-refractivity contribution in [1.29, 1.82) is 0 Å². The van der Waals surface area contributed by atoms with E-state index in [2.05, 4.69) is 11.4 Å². The van der Waals surface area contributed by atoms with Gasteiger partial charge in [-0.1, -0.05) is 65.5 Å². The molecule has 0 aliphatic heterocycles. The first kappa shape index (κ1) is 24.2. The first-order chi connectivity index (χ1) is 14.1. The highest BCUT2D eigenvalue weighted by molar-refractivity contribution is 6.36. The molecule has 30 heavy (non-hydrogen) atoms. The van der Waals surface area contributed by atoms with Gasteiger partial charge < -0.3 is 10.2 Å². The lowest BCUT2D eigenvalue weighted by Crippen LogP contribution is -2.50. The lowest BCUT2D eigenvalue weighted by molar-refractivity contribution is -0.140. The maximum absolute atomic E-state index is 13.3. The number of hydrogen-bond donors (Lipinski definition) is 1. The van der Waals surface area contributed by atoms with Crippen LogP contribution in [0.15, 0.2) is 36.4 Å². The summed E-state index contributed by atoms with van der Waals surface area (Å²) in [5.41, 5.74) is 3.75. The molecule has 0 saturated carbocycles. The van der Waals surface area contributed by atoms with E-state index < -0.39 is 6.04 Å². The van der Waals surface area contributed by atoms with Gasteiger partial charge in [0, 0.05) is 28.2 Å². The van der Waals surface area contributed by atoms with Crippen molar-refractivity contribution in [3.05, 3.63) is 68.7 Å². The number of rotatable bonds is 8. The molecule has 4 nitrogen and oxygen atoms in total. The fourth-order valence-electron chi connectivity index (χ4n) is 3.35. The zero-order valence-corrected chi connectivity index (χ0v) is 19.8. The summed E-state index contributed by atoms with van der Waals surface area (Å²) in [5, 5.41) is 3.91. The quantitative estimate of drug-likeness (QED) is 0.580. The second-order valence-electron chi connectivity index (χ2n) is 7.89. The average molecular weight is 449 g/mol. The van der Waals surface area contributed by atoms with Gasteiger partial charge in [0.1, 0.15) is 6.04 Å². The van der Waals surface area contributed by atoms with E-state index in [0.29, 0.717) is 15.6 Å². The lowest BCUT2D eigenvalue weighted by atomic mass is 10.0. The van der Waals surface area contributed by atoms with E-state index in [9.17, 15) is 9.59 Å². The molecule has 0 saturated heterocycles. The van der Waals surface area contributed by atoms with Gasteiger partial charge in [0.2, 0.25) is 11.8 Å². The molecule has 6 heteroatoms. The molecule has 2 aromatic rings. The molecule has 162 valence electrons. The lowest BCUT2D eigenvalue weighted by Gasteiger charge is -2.30. The van der Waals surface area contributed by atoms with Crippen LogP contribution in [0.4, 0.5) is 0 Å². The minimum atomic E-state index is -0.662. The molecular formula is C24H30Cl2N2O2. The molecule has 0 aliphatic rings. The molecule has 2 rings (SSSR count). The summed E-state index contributed by atoms with van der Waals surface area (Å²) in [6.45, 7) is 9.85. The fourth-order valence-corrected chi connectivity index (χ4v) is 3.87. The van der Waals surface area contributed by atoms with Crippen LogP contribution in [0, 0.1) is 13.8 Å². The standard InChI is InChI=1S/C24H30Cl2N2O2/c1-6-17(4)27-24(30)18(5)28(14-20-21(25)8-7-9-22(20)26)23(29)13-19-11-15(2)10-16(3)12-19/h7-12,17-18H,6,13-14H2,1-5H3,(H,27,30). The minimum Gasteiger partial charge on any atom is -0.352 e. The van der Waals surface area contributed by atoms with Crippen LogP contribution < -0.4 is 5.32 Å². The normalized spacial score (nSPS) is 12.9. The van der Waals surface area contributed by atoms with E-state index in [-0.39, 0.29) is 30.8 Å². The van der Waals surface area contributed by atoms with E-state index in [1.54, 1.807) is 30.0 Å². The van der Waals surface area contributed by atoms with Gasteiger partial charge in [0.05, 0.1) is 6.42 Å². The van der Waals surface area contributed by atoms with Gasteiger partial charge in [-0.2, -0.15) is 0 Å². The minimum absolute atomic E-state index is 0.0280. The van der Waals surface area contributed by atoms with Crippen molar-refractivity contribution in [3.8, 4) is 0 Å². The Balaban J connectivity index is 2.33. The van der Waals surface area contributed by atoms with Crippen LogP contribution in [0.2, 0.25) is 10.0 Å². The molecule has 2 aromatic carbocycles. The number of aryl methyl sites for hydroxylation is 2. The van der Waals surface area contributed by atoms with Crippen molar-refractivity contribution in [2.45, 2.75) is 66.1 Å². The van der Waals surface area contributed by atoms with Gasteiger partial charge in [-0.3, -0.25) is 9.59 Å². The molecule has 0 radical (unpaired) electrons. The van der Waals surface area contributed by atoms with Crippen LogP contribution in [0.1, 0.15) is 49.4 Å². The van der Waals surface area contributed by atoms with Crippen molar-refractivity contribution in [2.75, 3.05) is 0 Å². The van der Waals surface area contributed by atoms with E-state index >= 15 is 0 Å². The first-order valence-electron chi connectivity index (χ1n) is 10.2. The first-order valence-corrected chi connectivity index (χ1v) is 11.0. The zero-order chi connectivity index (χ0) is 22.4. The highest BCUT2D eigenvalue weighted by Gasteiger charge is 2.28. The second-order valence-corrected chi connectivity index (χ2v) is 8.70. The predicted molar refractivity (Wildman–Crippen MR) is 124 cm³/mol. The summed E-state index contributed by atoms with van der Waals surface area (Å²) in [4.78, 5) is 27.7. The predicted octanol–water partition coefficient (Wildman–Crippen LogP) is 5.48. The Hall–Kier alpha value is -2.04. The molecule has 0 bridgehead atoms. The molecule has 2 amide bonds. The number of amides is 2. The molecule has 2 unspecified atom stereocenters. The zero-order valence-electron chi connectivity index (χ0n) is 18.3. The van der Waals surface area contributed by atoms with Crippen LogP contribution in [0.5, 0.6) is 0 Å². The van der Waals surface area contributed by atoms with Crippen molar-refractivity contribution < 1.29 is 9.59 Å². The molecular weight excluding hydrogens is 419 g/mol. The highest BCUT2D eigenvalue weighted by Crippen LogP contribution is 2.27. The van der Waals surface area contributed by atoms with Gasteiger partial charge >= 0.3 is 0 Å². The Morgan fingerprint density at radius 2 is 1.60 bits per heavy atom. The largest absolute Gasteiger partial charge is 0.352 e. The number of halogens is 2. The van der Waals surface area contributed by atoms with E-state index in [1.165, 1.54) is 0 Å². The number of nitrogens with zero attached hydrogens (tertiary/aromatic N) is 1. The number of benzene rings is 2. The van der Waals surface area contributed by atoms with E-state index in [4.69, 9.17) is 23.2 Å². The van der Waals surface area contributed by atoms with E-state index in [1.807, 2.05) is 39.8 Å². The summed E-state index contributed by atoms with van der Waals surface area (Å²) in [7, 11) is 0. The Bertz CT molecular complexity index is 874. The summed E-state index contributed by atoms with van der Waals surface area (Å²) in [6.07, 6.45) is 1.01. The summed E-state index contributed by atoms with van der Waals surface area (Å²) in [5.74, 6) is -0.343. The second kappa shape index (κ2) is 10.8. The topological polar surface area (TPSA) is 49.4 Å². The van der Waals surface area contributed by atoms with Crippen LogP contribution in [-0.2, 0) is 22.6 Å². The monoisotopic (exact) mass is 448 g/mol. The van der Waals surface area contributed by atoms with Crippen molar-refractivity contribution in [2.24, 2.45) is 0 Å². The Morgan fingerprint density at radius 3 is 2.13 bits per heavy atom. The van der Waals surface area contributed by atoms with Crippen molar-refractivity contribution >= 4 is 35.0 Å². The third-order valence-electron chi connectivity index (χ3n) is 5.20. The molecule has 0 aliphatic carbocycles. The van der Waals surface area contributed by atoms with Crippen molar-refractivity contribution in [1.82, 2.24) is 10.2 Å². The summed E-state index contributed by atoms with van der Waals surface area (Å²) >= 11 is 12.7. The number of nitrogens with one attached hydrogen (secondary N) is 1. The Labute approximate surface area is 189 Å². The van der Waals surface area contributed by atoms with Crippen molar-refractivity contribution in [3.63, 3.8) is 0 Å². The molecule has 0 aromatic heterocycles. The SMILES string of the molecule is CCC(C)NC(=O)C(C)N(Cc1c(Cl)cccc1Cl)C(=O)Cc1cc(C)cc(C)c1. The smallest absolute Gasteiger partial charge is 0.242 e. The molecule has 0 heterocycles. The van der Waals surface area contributed by atoms with Gasteiger partial charge in [-0.15, -0.1) is 0 Å². The highest BCUT2D eigenvalue weighted by atomic mass is 35.5. The maximum Gasteiger partial charge on any atom is 0.242 e. The molecule has 1 N–H and O–H groups in total. The van der Waals surface area contributed by atoms with Gasteiger partial charge in [0.15, 0.2) is 0 Å². The summed E-state index contributed by atoms with van der Waals surface area (Å²) < 4.78 is 0. The Kier molecular flexibility index (Phi) is 8.75. The van der Waals surface area contributed by atoms with Crippen LogP contribution in [0.25, 0.3) is 0 Å². The van der Waals surface area contributed by atoms with E-state index in [0.717, 1.165) is 23.1 Å².